The molecule has 3 N–H and O–H groups in total. The van der Waals surface area contributed by atoms with Crippen molar-refractivity contribution in [3.05, 3.63) is 18.2 Å². The Morgan fingerprint density at radius 3 is 2.53 bits per heavy atom. The first-order valence-corrected chi connectivity index (χ1v) is 7.43. The van der Waals surface area contributed by atoms with Gasteiger partial charge in [0.1, 0.15) is 0 Å². The van der Waals surface area contributed by atoms with Crippen LogP contribution in [0.1, 0.15) is 0 Å². The molecule has 0 unspecified atom stereocenters. The van der Waals surface area contributed by atoms with Crippen molar-refractivity contribution in [3.8, 4) is 0 Å². The number of nitrogens with one attached hydrogen (secondary N) is 1. The molecule has 1 aliphatic heterocycles. The molecule has 0 amide bonds. The van der Waals surface area contributed by atoms with Crippen molar-refractivity contribution in [2.45, 2.75) is 4.90 Å². The largest absolute Gasteiger partial charge is 0.398 e. The molecule has 1 fully saturated rings. The van der Waals surface area contributed by atoms with Crippen LogP contribution in [0.3, 0.4) is 0 Å². The van der Waals surface area contributed by atoms with Crippen LogP contribution in [-0.4, -0.2) is 40.9 Å². The second kappa shape index (κ2) is 4.54. The van der Waals surface area contributed by atoms with Crippen LogP contribution in [0.2, 0.25) is 0 Å². The highest BCUT2D eigenvalue weighted by Gasteiger charge is 2.16. The van der Waals surface area contributed by atoms with E-state index >= 15 is 0 Å². The summed E-state index contributed by atoms with van der Waals surface area (Å²) in [7, 11) is -3.26. The molecule has 0 spiro atoms. The summed E-state index contributed by atoms with van der Waals surface area (Å²) < 4.78 is 23.2. The first kappa shape index (κ1) is 12.2. The van der Waals surface area contributed by atoms with Crippen LogP contribution in [-0.2, 0) is 9.84 Å². The van der Waals surface area contributed by atoms with Gasteiger partial charge in [0.25, 0.3) is 0 Å². The quantitative estimate of drug-likeness (QED) is 0.732. The fraction of sp³-hybridized carbons (Fsp3) is 0.455. The molecule has 0 saturated carbocycles. The second-order valence-electron chi connectivity index (χ2n) is 4.23. The van der Waals surface area contributed by atoms with Gasteiger partial charge in [-0.25, -0.2) is 8.42 Å². The molecule has 94 valence electrons. The van der Waals surface area contributed by atoms with Crippen molar-refractivity contribution in [2.24, 2.45) is 0 Å². The van der Waals surface area contributed by atoms with Gasteiger partial charge in [-0.15, -0.1) is 0 Å². The van der Waals surface area contributed by atoms with Crippen LogP contribution in [0.15, 0.2) is 23.1 Å². The van der Waals surface area contributed by atoms with Crippen molar-refractivity contribution in [2.75, 3.05) is 43.1 Å². The van der Waals surface area contributed by atoms with E-state index in [4.69, 9.17) is 5.73 Å². The molecular formula is C11H17N3O2S. The second-order valence-corrected chi connectivity index (χ2v) is 6.22. The SMILES string of the molecule is CS(=O)(=O)c1cc(N2CCNCC2)ccc1N. The van der Waals surface area contributed by atoms with Crippen LogP contribution in [0, 0.1) is 0 Å². The molecule has 2 rings (SSSR count). The summed E-state index contributed by atoms with van der Waals surface area (Å²) in [6.07, 6.45) is 1.18. The zero-order chi connectivity index (χ0) is 12.5. The molecule has 0 aromatic heterocycles. The number of nitrogen functional groups attached to an aromatic ring is 1. The van der Waals surface area contributed by atoms with Crippen molar-refractivity contribution in [1.82, 2.24) is 5.32 Å². The zero-order valence-electron chi connectivity index (χ0n) is 9.81. The molecule has 0 bridgehead atoms. The average molecular weight is 255 g/mol. The fourth-order valence-corrected chi connectivity index (χ4v) is 2.79. The van der Waals surface area contributed by atoms with Crippen LogP contribution in [0.5, 0.6) is 0 Å². The Kier molecular flexibility index (Phi) is 3.26. The number of nitrogens with zero attached hydrogens (tertiary/aromatic N) is 1. The average Bonchev–Trinajstić information content (AvgIpc) is 2.29. The molecule has 6 heteroatoms. The lowest BCUT2D eigenvalue weighted by molar-refractivity contribution is 0.588. The van der Waals surface area contributed by atoms with Crippen LogP contribution in [0.25, 0.3) is 0 Å². The van der Waals surface area contributed by atoms with E-state index in [2.05, 4.69) is 10.2 Å². The first-order chi connectivity index (χ1) is 7.98. The van der Waals surface area contributed by atoms with E-state index in [1.807, 2.05) is 6.07 Å². The molecule has 1 heterocycles. The standard InChI is InChI=1S/C11H17N3O2S/c1-17(15,16)11-8-9(2-3-10(11)12)14-6-4-13-5-7-14/h2-3,8,13H,4-7,12H2,1H3. The summed E-state index contributed by atoms with van der Waals surface area (Å²) in [5.41, 5.74) is 6.92. The van der Waals surface area contributed by atoms with Gasteiger partial charge in [-0.05, 0) is 18.2 Å². The molecule has 5 nitrogen and oxygen atoms in total. The zero-order valence-corrected chi connectivity index (χ0v) is 10.6. The maximum atomic E-state index is 11.6. The smallest absolute Gasteiger partial charge is 0.177 e. The lowest BCUT2D eigenvalue weighted by Gasteiger charge is -2.29. The van der Waals surface area contributed by atoms with Gasteiger partial charge < -0.3 is 16.0 Å². The molecule has 0 aliphatic carbocycles. The number of piperazine rings is 1. The van der Waals surface area contributed by atoms with Crippen LogP contribution < -0.4 is 16.0 Å². The predicted molar refractivity (Wildman–Crippen MR) is 69.0 cm³/mol. The van der Waals surface area contributed by atoms with Gasteiger partial charge in [-0.3, -0.25) is 0 Å². The third kappa shape index (κ3) is 2.70. The highest BCUT2D eigenvalue weighted by Crippen LogP contribution is 2.25. The summed E-state index contributed by atoms with van der Waals surface area (Å²) >= 11 is 0. The number of anilines is 2. The molecule has 17 heavy (non-hydrogen) atoms. The van der Waals surface area contributed by atoms with E-state index in [0.29, 0.717) is 5.69 Å². The third-order valence-corrected chi connectivity index (χ3v) is 4.03. The number of benzene rings is 1. The summed E-state index contributed by atoms with van der Waals surface area (Å²) in [6, 6.07) is 5.19. The van der Waals surface area contributed by atoms with Crippen molar-refractivity contribution < 1.29 is 8.42 Å². The lowest BCUT2D eigenvalue weighted by Crippen LogP contribution is -2.43. The van der Waals surface area contributed by atoms with E-state index in [1.165, 1.54) is 6.26 Å². The van der Waals surface area contributed by atoms with E-state index in [1.54, 1.807) is 12.1 Å². The van der Waals surface area contributed by atoms with Gasteiger partial charge in [0.05, 0.1) is 10.6 Å². The van der Waals surface area contributed by atoms with Crippen molar-refractivity contribution >= 4 is 21.2 Å². The summed E-state index contributed by atoms with van der Waals surface area (Å²) in [4.78, 5) is 2.37. The van der Waals surface area contributed by atoms with Gasteiger partial charge in [-0.1, -0.05) is 0 Å². The first-order valence-electron chi connectivity index (χ1n) is 5.54. The number of hydrogen-bond donors (Lipinski definition) is 2. The Balaban J connectivity index is 2.37. The number of rotatable bonds is 2. The molecule has 1 aromatic rings. The molecule has 1 saturated heterocycles. The van der Waals surface area contributed by atoms with Crippen molar-refractivity contribution in [3.63, 3.8) is 0 Å². The minimum absolute atomic E-state index is 0.216. The van der Waals surface area contributed by atoms with Gasteiger partial charge in [0.15, 0.2) is 9.84 Å². The molecule has 0 atom stereocenters. The molecule has 0 radical (unpaired) electrons. The van der Waals surface area contributed by atoms with Crippen LogP contribution >= 0.6 is 0 Å². The summed E-state index contributed by atoms with van der Waals surface area (Å²) in [6.45, 7) is 3.59. The molecule has 1 aromatic carbocycles. The lowest BCUT2D eigenvalue weighted by atomic mass is 10.2. The maximum Gasteiger partial charge on any atom is 0.177 e. The van der Waals surface area contributed by atoms with E-state index in [9.17, 15) is 8.42 Å². The van der Waals surface area contributed by atoms with Crippen LogP contribution in [0.4, 0.5) is 11.4 Å². The Morgan fingerprint density at radius 1 is 1.29 bits per heavy atom. The van der Waals surface area contributed by atoms with Crippen molar-refractivity contribution in [1.29, 1.82) is 0 Å². The third-order valence-electron chi connectivity index (χ3n) is 2.88. The van der Waals surface area contributed by atoms with Gasteiger partial charge in [-0.2, -0.15) is 0 Å². The normalized spacial score (nSPS) is 17.1. The fourth-order valence-electron chi connectivity index (χ4n) is 1.96. The Bertz CT molecular complexity index is 507. The number of hydrogen-bond acceptors (Lipinski definition) is 5. The molecular weight excluding hydrogens is 238 g/mol. The summed E-state index contributed by atoms with van der Waals surface area (Å²) in [5, 5.41) is 3.26. The Labute approximate surface area is 102 Å². The minimum Gasteiger partial charge on any atom is -0.398 e. The Morgan fingerprint density at radius 2 is 1.94 bits per heavy atom. The Hall–Kier alpha value is -1.27. The topological polar surface area (TPSA) is 75.4 Å². The highest BCUT2D eigenvalue weighted by atomic mass is 32.2. The van der Waals surface area contributed by atoms with Gasteiger partial charge in [0, 0.05) is 38.1 Å². The molecule has 1 aliphatic rings. The monoisotopic (exact) mass is 255 g/mol. The minimum atomic E-state index is -3.26. The van der Waals surface area contributed by atoms with E-state index in [-0.39, 0.29) is 4.90 Å². The maximum absolute atomic E-state index is 11.6. The van der Waals surface area contributed by atoms with Gasteiger partial charge in [0.2, 0.25) is 0 Å². The predicted octanol–water partition coefficient (Wildman–Crippen LogP) is 0.0819. The highest BCUT2D eigenvalue weighted by molar-refractivity contribution is 7.90. The summed E-state index contributed by atoms with van der Waals surface area (Å²) in [5.74, 6) is 0. The van der Waals surface area contributed by atoms with E-state index in [0.717, 1.165) is 31.9 Å². The van der Waals surface area contributed by atoms with Gasteiger partial charge >= 0.3 is 0 Å². The number of sulfone groups is 1. The van der Waals surface area contributed by atoms with E-state index < -0.39 is 9.84 Å². The number of nitrogens with two attached hydrogens (primary N) is 1.